The van der Waals surface area contributed by atoms with E-state index in [0.717, 1.165) is 16.3 Å². The SMILES string of the molecule is CCC(Sc1cccc(NC(=S)Nc2ccc(C(C)=O)cc2)c1)C(=O)Nc1ccc2c(c1)OCO2. The Hall–Kier alpha value is -3.56. The summed E-state index contributed by atoms with van der Waals surface area (Å²) < 4.78 is 10.7. The predicted molar refractivity (Wildman–Crippen MR) is 144 cm³/mol. The van der Waals surface area contributed by atoms with Crippen LogP contribution in [0.4, 0.5) is 17.1 Å². The molecule has 0 saturated heterocycles. The smallest absolute Gasteiger partial charge is 0.237 e. The summed E-state index contributed by atoms with van der Waals surface area (Å²) in [7, 11) is 0. The first-order valence-corrected chi connectivity index (χ1v) is 12.4. The fraction of sp³-hybridized carbons (Fsp3) is 0.192. The van der Waals surface area contributed by atoms with E-state index in [9.17, 15) is 9.59 Å². The van der Waals surface area contributed by atoms with E-state index in [1.165, 1.54) is 18.7 Å². The number of amides is 1. The van der Waals surface area contributed by atoms with Gasteiger partial charge in [-0.25, -0.2) is 0 Å². The summed E-state index contributed by atoms with van der Waals surface area (Å²) in [5, 5.41) is 9.39. The minimum atomic E-state index is -0.277. The Morgan fingerprint density at radius 3 is 2.34 bits per heavy atom. The van der Waals surface area contributed by atoms with Crippen LogP contribution in [0.25, 0.3) is 0 Å². The van der Waals surface area contributed by atoms with Gasteiger partial charge in [-0.3, -0.25) is 9.59 Å². The van der Waals surface area contributed by atoms with E-state index in [-0.39, 0.29) is 23.7 Å². The van der Waals surface area contributed by atoms with Crippen LogP contribution in [0.3, 0.4) is 0 Å². The standard InChI is InChI=1S/C26H25N3O4S2/c1-3-24(25(31)27-20-11-12-22-23(14-20)33-15-32-22)35-21-6-4-5-19(13-21)29-26(34)28-18-9-7-17(8-10-18)16(2)30/h4-14,24H,3,15H2,1-2H3,(H,27,31)(H2,28,29,34). The average molecular weight is 508 g/mol. The number of ether oxygens (including phenoxy) is 2. The molecular formula is C26H25N3O4S2. The molecule has 0 fully saturated rings. The van der Waals surface area contributed by atoms with Gasteiger partial charge in [0.15, 0.2) is 22.4 Å². The number of fused-ring (bicyclic) bond motifs is 1. The minimum absolute atomic E-state index is 0.0153. The molecule has 9 heteroatoms. The van der Waals surface area contributed by atoms with Gasteiger partial charge in [-0.15, -0.1) is 11.8 Å². The van der Waals surface area contributed by atoms with Gasteiger partial charge < -0.3 is 25.4 Å². The largest absolute Gasteiger partial charge is 0.454 e. The fourth-order valence-electron chi connectivity index (χ4n) is 3.41. The van der Waals surface area contributed by atoms with E-state index in [2.05, 4.69) is 16.0 Å². The number of carbonyl (C=O) groups is 2. The Kier molecular flexibility index (Phi) is 7.89. The van der Waals surface area contributed by atoms with Crippen molar-refractivity contribution in [2.24, 2.45) is 0 Å². The van der Waals surface area contributed by atoms with Crippen molar-refractivity contribution in [3.8, 4) is 11.5 Å². The van der Waals surface area contributed by atoms with Crippen molar-refractivity contribution in [1.82, 2.24) is 0 Å². The number of rotatable bonds is 8. The number of thiocarbonyl (C=S) groups is 1. The van der Waals surface area contributed by atoms with Gasteiger partial charge in [-0.05, 0) is 80.2 Å². The first kappa shape index (κ1) is 24.6. The van der Waals surface area contributed by atoms with Gasteiger partial charge in [0.05, 0.1) is 5.25 Å². The fourth-order valence-corrected chi connectivity index (χ4v) is 4.66. The number of benzene rings is 3. The van der Waals surface area contributed by atoms with Gasteiger partial charge in [0.2, 0.25) is 12.7 Å². The molecule has 1 aliphatic heterocycles. The second-order valence-corrected chi connectivity index (χ2v) is 9.50. The highest BCUT2D eigenvalue weighted by Gasteiger charge is 2.20. The lowest BCUT2D eigenvalue weighted by atomic mass is 10.1. The van der Waals surface area contributed by atoms with Crippen LogP contribution in [0, 0.1) is 0 Å². The maximum Gasteiger partial charge on any atom is 0.237 e. The lowest BCUT2D eigenvalue weighted by Gasteiger charge is -2.16. The van der Waals surface area contributed by atoms with Crippen molar-refractivity contribution in [2.75, 3.05) is 22.7 Å². The van der Waals surface area contributed by atoms with E-state index in [1.54, 1.807) is 30.3 Å². The summed E-state index contributed by atoms with van der Waals surface area (Å²) >= 11 is 6.91. The number of Topliss-reactive ketones (excluding diaryl/α,β-unsaturated/α-hetero) is 1. The Morgan fingerprint density at radius 2 is 1.60 bits per heavy atom. The van der Waals surface area contributed by atoms with Crippen molar-refractivity contribution in [3.63, 3.8) is 0 Å². The van der Waals surface area contributed by atoms with Crippen LogP contribution in [-0.2, 0) is 4.79 Å². The lowest BCUT2D eigenvalue weighted by Crippen LogP contribution is -2.24. The number of hydrogen-bond donors (Lipinski definition) is 3. The van der Waals surface area contributed by atoms with E-state index in [0.29, 0.717) is 34.3 Å². The molecule has 1 atom stereocenters. The molecule has 1 aliphatic rings. The molecule has 0 bridgehead atoms. The van der Waals surface area contributed by atoms with Crippen molar-refractivity contribution in [3.05, 3.63) is 72.3 Å². The molecule has 0 radical (unpaired) electrons. The molecule has 0 aromatic heterocycles. The zero-order valence-electron chi connectivity index (χ0n) is 19.3. The summed E-state index contributed by atoms with van der Waals surface area (Å²) in [6.45, 7) is 3.70. The lowest BCUT2D eigenvalue weighted by molar-refractivity contribution is -0.115. The molecular weight excluding hydrogens is 482 g/mol. The zero-order valence-corrected chi connectivity index (χ0v) is 20.9. The summed E-state index contributed by atoms with van der Waals surface area (Å²) in [6.07, 6.45) is 0.662. The number of hydrogen-bond acceptors (Lipinski definition) is 6. The monoisotopic (exact) mass is 507 g/mol. The van der Waals surface area contributed by atoms with E-state index in [4.69, 9.17) is 21.7 Å². The zero-order chi connectivity index (χ0) is 24.8. The topological polar surface area (TPSA) is 88.7 Å². The Labute approximate surface area is 213 Å². The molecule has 7 nitrogen and oxygen atoms in total. The second kappa shape index (κ2) is 11.2. The molecule has 35 heavy (non-hydrogen) atoms. The molecule has 1 unspecified atom stereocenters. The van der Waals surface area contributed by atoms with Crippen LogP contribution in [0.2, 0.25) is 0 Å². The van der Waals surface area contributed by atoms with Crippen molar-refractivity contribution in [2.45, 2.75) is 30.4 Å². The number of ketones is 1. The van der Waals surface area contributed by atoms with Gasteiger partial charge in [0, 0.05) is 33.6 Å². The highest BCUT2D eigenvalue weighted by Crippen LogP contribution is 2.35. The van der Waals surface area contributed by atoms with Crippen LogP contribution in [-0.4, -0.2) is 28.8 Å². The van der Waals surface area contributed by atoms with Gasteiger partial charge >= 0.3 is 0 Å². The summed E-state index contributed by atoms with van der Waals surface area (Å²) in [5.74, 6) is 1.23. The maximum absolute atomic E-state index is 12.9. The van der Waals surface area contributed by atoms with Gasteiger partial charge in [-0.1, -0.05) is 13.0 Å². The molecule has 3 aromatic carbocycles. The number of thioether (sulfide) groups is 1. The number of anilines is 3. The van der Waals surface area contributed by atoms with Crippen molar-refractivity contribution < 1.29 is 19.1 Å². The van der Waals surface area contributed by atoms with Crippen molar-refractivity contribution >= 4 is 57.8 Å². The maximum atomic E-state index is 12.9. The first-order chi connectivity index (χ1) is 16.9. The molecule has 0 aliphatic carbocycles. The van der Waals surface area contributed by atoms with Crippen molar-refractivity contribution in [1.29, 1.82) is 0 Å². The van der Waals surface area contributed by atoms with Crippen LogP contribution in [0.1, 0.15) is 30.6 Å². The molecule has 0 saturated carbocycles. The third-order valence-electron chi connectivity index (χ3n) is 5.22. The highest BCUT2D eigenvalue weighted by atomic mass is 32.2. The van der Waals surface area contributed by atoms with Crippen LogP contribution in [0.15, 0.2) is 71.6 Å². The van der Waals surface area contributed by atoms with Crippen LogP contribution < -0.4 is 25.4 Å². The highest BCUT2D eigenvalue weighted by molar-refractivity contribution is 8.00. The Balaban J connectivity index is 1.35. The normalized spacial score (nSPS) is 12.5. The average Bonchev–Trinajstić information content (AvgIpc) is 3.31. The molecule has 4 rings (SSSR count). The van der Waals surface area contributed by atoms with E-state index < -0.39 is 0 Å². The van der Waals surface area contributed by atoms with E-state index >= 15 is 0 Å². The third-order valence-corrected chi connectivity index (χ3v) is 6.79. The Bertz CT molecular complexity index is 1250. The van der Waals surface area contributed by atoms with Crippen LogP contribution in [0.5, 0.6) is 11.5 Å². The molecule has 1 heterocycles. The van der Waals surface area contributed by atoms with Gasteiger partial charge in [0.25, 0.3) is 0 Å². The number of carbonyl (C=O) groups excluding carboxylic acids is 2. The third kappa shape index (κ3) is 6.52. The quantitative estimate of drug-likeness (QED) is 0.196. The molecule has 3 N–H and O–H groups in total. The van der Waals surface area contributed by atoms with E-state index in [1.807, 2.05) is 43.3 Å². The minimum Gasteiger partial charge on any atom is -0.454 e. The summed E-state index contributed by atoms with van der Waals surface area (Å²) in [5.41, 5.74) is 2.90. The molecule has 0 spiro atoms. The second-order valence-electron chi connectivity index (χ2n) is 7.81. The molecule has 1 amide bonds. The summed E-state index contributed by atoms with van der Waals surface area (Å²) in [6, 6.07) is 20.2. The van der Waals surface area contributed by atoms with Gasteiger partial charge in [-0.2, -0.15) is 0 Å². The number of nitrogens with one attached hydrogen (secondary N) is 3. The summed E-state index contributed by atoms with van der Waals surface area (Å²) in [4.78, 5) is 25.3. The predicted octanol–water partition coefficient (Wildman–Crippen LogP) is 5.94. The molecule has 180 valence electrons. The first-order valence-electron chi connectivity index (χ1n) is 11.1. The molecule has 3 aromatic rings. The van der Waals surface area contributed by atoms with Crippen LogP contribution >= 0.6 is 24.0 Å². The van der Waals surface area contributed by atoms with Gasteiger partial charge in [0.1, 0.15) is 0 Å². The Morgan fingerprint density at radius 1 is 0.914 bits per heavy atom.